The molecule has 1 aliphatic heterocycles. The topological polar surface area (TPSA) is 100 Å². The molecule has 0 amide bonds. The summed E-state index contributed by atoms with van der Waals surface area (Å²) in [6, 6.07) is 5.91. The van der Waals surface area contributed by atoms with E-state index in [4.69, 9.17) is 9.15 Å². The van der Waals surface area contributed by atoms with E-state index in [9.17, 15) is 20.1 Å². The highest BCUT2D eigenvalue weighted by molar-refractivity contribution is 5.90. The quantitative estimate of drug-likeness (QED) is 0.485. The summed E-state index contributed by atoms with van der Waals surface area (Å²) in [6.45, 7) is 7.60. The van der Waals surface area contributed by atoms with E-state index in [1.54, 1.807) is 12.1 Å². The summed E-state index contributed by atoms with van der Waals surface area (Å²) in [7, 11) is 0. The van der Waals surface area contributed by atoms with Gasteiger partial charge in [-0.1, -0.05) is 17.2 Å². The minimum Gasteiger partial charge on any atom is -0.508 e. The lowest BCUT2D eigenvalue weighted by Gasteiger charge is -2.26. The molecular weight excluding hydrogens is 396 g/mol. The van der Waals surface area contributed by atoms with Gasteiger partial charge in [-0.05, 0) is 52.3 Å². The summed E-state index contributed by atoms with van der Waals surface area (Å²) < 4.78 is 12.1. The van der Waals surface area contributed by atoms with Crippen molar-refractivity contribution in [3.8, 4) is 34.3 Å². The first-order chi connectivity index (χ1) is 14.7. The Morgan fingerprint density at radius 3 is 2.48 bits per heavy atom. The number of allylic oxidation sites excluding steroid dienone is 3. The Balaban J connectivity index is 2.07. The molecule has 0 saturated heterocycles. The third-order valence-electron chi connectivity index (χ3n) is 5.22. The Hall–Kier alpha value is -3.67. The van der Waals surface area contributed by atoms with Gasteiger partial charge < -0.3 is 24.5 Å². The molecule has 0 aliphatic carbocycles. The summed E-state index contributed by atoms with van der Waals surface area (Å²) in [5.74, 6) is 0.254. The van der Waals surface area contributed by atoms with Crippen molar-refractivity contribution >= 4 is 11.0 Å². The molecule has 1 aliphatic rings. The van der Waals surface area contributed by atoms with Gasteiger partial charge in [0.05, 0.1) is 11.1 Å². The van der Waals surface area contributed by atoms with E-state index in [1.165, 1.54) is 18.2 Å². The van der Waals surface area contributed by atoms with Crippen molar-refractivity contribution in [1.82, 2.24) is 0 Å². The Bertz CT molecular complexity index is 1320. The number of phenols is 3. The van der Waals surface area contributed by atoms with E-state index in [0.29, 0.717) is 11.3 Å². The number of hydrogen-bond donors (Lipinski definition) is 3. The van der Waals surface area contributed by atoms with Crippen LogP contribution in [0.1, 0.15) is 44.9 Å². The van der Waals surface area contributed by atoms with Crippen molar-refractivity contribution in [2.24, 2.45) is 0 Å². The van der Waals surface area contributed by atoms with E-state index >= 15 is 0 Å². The highest BCUT2D eigenvalue weighted by Gasteiger charge is 2.32. The number of aromatic hydroxyl groups is 3. The van der Waals surface area contributed by atoms with Gasteiger partial charge >= 0.3 is 0 Å². The first kappa shape index (κ1) is 20.6. The van der Waals surface area contributed by atoms with Gasteiger partial charge in [-0.3, -0.25) is 4.79 Å². The van der Waals surface area contributed by atoms with Gasteiger partial charge in [0.2, 0.25) is 5.43 Å². The number of hydrogen-bond acceptors (Lipinski definition) is 6. The number of benzene rings is 2. The number of fused-ring (bicyclic) bond motifs is 4. The summed E-state index contributed by atoms with van der Waals surface area (Å²) in [4.78, 5) is 13.6. The van der Waals surface area contributed by atoms with Crippen LogP contribution in [-0.4, -0.2) is 15.3 Å². The molecular formula is C25H24O6. The molecule has 6 nitrogen and oxygen atoms in total. The van der Waals surface area contributed by atoms with Gasteiger partial charge in [-0.2, -0.15) is 0 Å². The second kappa shape index (κ2) is 7.54. The number of ether oxygens (including phenoxy) is 1. The van der Waals surface area contributed by atoms with Crippen molar-refractivity contribution in [2.45, 2.75) is 40.2 Å². The van der Waals surface area contributed by atoms with Crippen molar-refractivity contribution in [2.75, 3.05) is 0 Å². The van der Waals surface area contributed by atoms with Crippen LogP contribution >= 0.6 is 0 Å². The second-order valence-corrected chi connectivity index (χ2v) is 8.22. The van der Waals surface area contributed by atoms with Gasteiger partial charge in [-0.15, -0.1) is 0 Å². The minimum absolute atomic E-state index is 0.00619. The average Bonchev–Trinajstić information content (AvgIpc) is 2.66. The van der Waals surface area contributed by atoms with Crippen molar-refractivity contribution in [1.29, 1.82) is 0 Å². The zero-order chi connectivity index (χ0) is 22.4. The van der Waals surface area contributed by atoms with Crippen LogP contribution in [-0.2, 0) is 6.42 Å². The van der Waals surface area contributed by atoms with Crippen LogP contribution in [0.2, 0.25) is 0 Å². The van der Waals surface area contributed by atoms with Crippen LogP contribution in [0.25, 0.3) is 22.3 Å². The van der Waals surface area contributed by atoms with Crippen LogP contribution in [0.15, 0.2) is 56.8 Å². The average molecular weight is 420 g/mol. The van der Waals surface area contributed by atoms with Crippen LogP contribution in [0.4, 0.5) is 0 Å². The molecule has 0 saturated carbocycles. The van der Waals surface area contributed by atoms with E-state index < -0.39 is 11.5 Å². The molecule has 0 spiro atoms. The monoisotopic (exact) mass is 420 g/mol. The fourth-order valence-electron chi connectivity index (χ4n) is 3.75. The number of phenolic OH excluding ortho intramolecular Hbond substituents is 3. The molecule has 0 unspecified atom stereocenters. The van der Waals surface area contributed by atoms with Crippen LogP contribution < -0.4 is 10.2 Å². The van der Waals surface area contributed by atoms with E-state index in [-0.39, 0.29) is 51.5 Å². The summed E-state index contributed by atoms with van der Waals surface area (Å²) in [5.41, 5.74) is 2.65. The van der Waals surface area contributed by atoms with Gasteiger partial charge in [-0.25, -0.2) is 0 Å². The summed E-state index contributed by atoms with van der Waals surface area (Å²) in [5, 5.41) is 31.2. The molecule has 1 aromatic heterocycles. The lowest BCUT2D eigenvalue weighted by molar-refractivity contribution is 0.243. The van der Waals surface area contributed by atoms with Gasteiger partial charge in [0, 0.05) is 17.7 Å². The summed E-state index contributed by atoms with van der Waals surface area (Å²) in [6.07, 6.45) is 3.18. The molecule has 3 N–H and O–H groups in total. The second-order valence-electron chi connectivity index (χ2n) is 8.22. The van der Waals surface area contributed by atoms with Crippen LogP contribution in [0.5, 0.6) is 23.0 Å². The van der Waals surface area contributed by atoms with Gasteiger partial charge in [0.1, 0.15) is 45.8 Å². The molecule has 2 heterocycles. The Morgan fingerprint density at radius 2 is 1.81 bits per heavy atom. The Kier molecular flexibility index (Phi) is 5.01. The predicted molar refractivity (Wildman–Crippen MR) is 119 cm³/mol. The van der Waals surface area contributed by atoms with Crippen molar-refractivity contribution in [3.63, 3.8) is 0 Å². The molecule has 3 aromatic rings. The fourth-order valence-corrected chi connectivity index (χ4v) is 3.75. The normalized spacial score (nSPS) is 14.4. The van der Waals surface area contributed by atoms with Gasteiger partial charge in [0.25, 0.3) is 0 Å². The zero-order valence-electron chi connectivity index (χ0n) is 17.8. The minimum atomic E-state index is -0.746. The smallest absolute Gasteiger partial charge is 0.204 e. The molecule has 0 radical (unpaired) electrons. The molecule has 2 aromatic carbocycles. The van der Waals surface area contributed by atoms with Crippen molar-refractivity contribution in [3.05, 3.63) is 68.9 Å². The standard InChI is InChI=1S/C25H24O6/c1-12(2)5-7-15-17(27)11-20-21(23(15)28)24(29)22-19(9-13(3)4)30-18-10-14(26)6-8-16(18)25(22)31-20/h5-6,8-11,19,26-28H,7H2,1-4H3/t19-/m1/s1. The van der Waals surface area contributed by atoms with Crippen LogP contribution in [0, 0.1) is 0 Å². The van der Waals surface area contributed by atoms with Crippen molar-refractivity contribution < 1.29 is 24.5 Å². The SMILES string of the molecule is CC(C)=CCc1c(O)cc2oc3c(c(=O)c2c1O)[C@@H](C=C(C)C)Oc1cc(O)ccc1-3. The van der Waals surface area contributed by atoms with E-state index in [2.05, 4.69) is 0 Å². The fraction of sp³-hybridized carbons (Fsp3) is 0.240. The Morgan fingerprint density at radius 1 is 1.06 bits per heavy atom. The lowest BCUT2D eigenvalue weighted by atomic mass is 9.94. The Labute approximate surface area is 179 Å². The highest BCUT2D eigenvalue weighted by Crippen LogP contribution is 2.46. The van der Waals surface area contributed by atoms with Crippen LogP contribution in [0.3, 0.4) is 0 Å². The molecule has 160 valence electrons. The molecule has 0 bridgehead atoms. The number of rotatable bonds is 3. The highest BCUT2D eigenvalue weighted by atomic mass is 16.5. The zero-order valence-corrected chi connectivity index (χ0v) is 17.8. The molecule has 6 heteroatoms. The first-order valence-electron chi connectivity index (χ1n) is 10.00. The van der Waals surface area contributed by atoms with E-state index in [0.717, 1.165) is 11.1 Å². The molecule has 4 rings (SSSR count). The maximum atomic E-state index is 13.6. The van der Waals surface area contributed by atoms with Gasteiger partial charge in [0.15, 0.2) is 0 Å². The predicted octanol–water partition coefficient (Wildman–Crippen LogP) is 5.49. The first-order valence-corrected chi connectivity index (χ1v) is 10.00. The summed E-state index contributed by atoms with van der Waals surface area (Å²) >= 11 is 0. The molecule has 31 heavy (non-hydrogen) atoms. The maximum absolute atomic E-state index is 13.6. The molecule has 1 atom stereocenters. The lowest BCUT2D eigenvalue weighted by Crippen LogP contribution is -2.22. The molecule has 0 fully saturated rings. The third-order valence-corrected chi connectivity index (χ3v) is 5.22. The largest absolute Gasteiger partial charge is 0.508 e. The third kappa shape index (κ3) is 3.54. The van der Waals surface area contributed by atoms with E-state index in [1.807, 2.05) is 33.8 Å². The maximum Gasteiger partial charge on any atom is 0.204 e.